The van der Waals surface area contributed by atoms with Crippen LogP contribution in [0.5, 0.6) is 0 Å². The zero-order valence-corrected chi connectivity index (χ0v) is 15.5. The number of aromatic nitrogens is 4. The fourth-order valence-corrected chi connectivity index (χ4v) is 2.59. The van der Waals surface area contributed by atoms with Gasteiger partial charge >= 0.3 is 11.7 Å². The molecule has 142 valence electrons. The molecule has 9 heteroatoms. The van der Waals surface area contributed by atoms with Gasteiger partial charge in [0, 0.05) is 17.4 Å². The quantitative estimate of drug-likeness (QED) is 0.691. The van der Waals surface area contributed by atoms with Crippen LogP contribution >= 0.6 is 0 Å². The van der Waals surface area contributed by atoms with E-state index in [0.717, 1.165) is 4.68 Å². The Labute approximate surface area is 154 Å². The number of rotatable bonds is 5. The van der Waals surface area contributed by atoms with E-state index in [1.165, 1.54) is 10.5 Å². The lowest BCUT2D eigenvalue weighted by Crippen LogP contribution is -2.27. The maximum atomic E-state index is 13.7. The van der Waals surface area contributed by atoms with Gasteiger partial charge < -0.3 is 10.1 Å². The Hall–Kier alpha value is -3.23. The number of carbonyl (C=O) groups excluding carboxylic acids is 1. The van der Waals surface area contributed by atoms with Gasteiger partial charge in [-0.3, -0.25) is 4.79 Å². The Morgan fingerprint density at radius 1 is 1.30 bits per heavy atom. The number of esters is 1. The molecule has 1 N–H and O–H groups in total. The maximum absolute atomic E-state index is 13.7. The summed E-state index contributed by atoms with van der Waals surface area (Å²) in [5.41, 5.74) is 1.16. The number of hydrogen-bond acceptors (Lipinski definition) is 6. The standard InChI is InChI=1S/C18H20FN5O3/c1-10(2)27-16(25)9-23-18(26)24-12(4)7-15(21-17(24)22-23)20-13-6-5-11(3)14(19)8-13/h5-8,10H,9H2,1-4H3,(H,20,21,22). The van der Waals surface area contributed by atoms with E-state index in [2.05, 4.69) is 15.4 Å². The first kappa shape index (κ1) is 18.6. The lowest BCUT2D eigenvalue weighted by atomic mass is 10.2. The van der Waals surface area contributed by atoms with Gasteiger partial charge in [-0.1, -0.05) is 6.07 Å². The number of hydrogen-bond donors (Lipinski definition) is 1. The van der Waals surface area contributed by atoms with Gasteiger partial charge in [-0.25, -0.2) is 13.6 Å². The van der Waals surface area contributed by atoms with Gasteiger partial charge in [-0.2, -0.15) is 9.67 Å². The van der Waals surface area contributed by atoms with Crippen molar-refractivity contribution in [3.8, 4) is 0 Å². The SMILES string of the molecule is Cc1ccc(Nc2cc(C)n3c(=O)n(CC(=O)OC(C)C)nc3n2)cc1F. The van der Waals surface area contributed by atoms with E-state index >= 15 is 0 Å². The first-order valence-electron chi connectivity index (χ1n) is 8.44. The molecular formula is C18H20FN5O3. The molecule has 0 spiro atoms. The molecule has 8 nitrogen and oxygen atoms in total. The predicted molar refractivity (Wildman–Crippen MR) is 97.6 cm³/mol. The molecule has 0 aliphatic rings. The third kappa shape index (κ3) is 3.97. The number of ether oxygens (including phenoxy) is 1. The van der Waals surface area contributed by atoms with Crippen LogP contribution in [0.4, 0.5) is 15.9 Å². The van der Waals surface area contributed by atoms with E-state index in [4.69, 9.17) is 4.74 Å². The second-order valence-electron chi connectivity index (χ2n) is 6.49. The predicted octanol–water partition coefficient (Wildman–Crippen LogP) is 2.34. The second-order valence-corrected chi connectivity index (χ2v) is 6.49. The van der Waals surface area contributed by atoms with Crippen LogP contribution in [0.15, 0.2) is 29.1 Å². The molecule has 0 fully saturated rings. The van der Waals surface area contributed by atoms with E-state index in [9.17, 15) is 14.0 Å². The third-order valence-electron chi connectivity index (χ3n) is 3.83. The summed E-state index contributed by atoms with van der Waals surface area (Å²) in [7, 11) is 0. The molecule has 27 heavy (non-hydrogen) atoms. The Balaban J connectivity index is 1.93. The van der Waals surface area contributed by atoms with E-state index in [1.807, 2.05) is 0 Å². The average Bonchev–Trinajstić information content (AvgIpc) is 2.86. The van der Waals surface area contributed by atoms with Crippen LogP contribution in [0.2, 0.25) is 0 Å². The molecule has 3 aromatic rings. The van der Waals surface area contributed by atoms with Crippen LogP contribution in [0, 0.1) is 19.7 Å². The number of aryl methyl sites for hydroxylation is 2. The molecule has 0 bridgehead atoms. The van der Waals surface area contributed by atoms with Crippen molar-refractivity contribution in [3.05, 3.63) is 51.8 Å². The summed E-state index contributed by atoms with van der Waals surface area (Å²) in [4.78, 5) is 28.6. The molecular weight excluding hydrogens is 353 g/mol. The molecule has 0 aliphatic carbocycles. The van der Waals surface area contributed by atoms with E-state index < -0.39 is 11.7 Å². The van der Waals surface area contributed by atoms with Gasteiger partial charge in [0.05, 0.1) is 6.10 Å². The number of carbonyl (C=O) groups is 1. The summed E-state index contributed by atoms with van der Waals surface area (Å²) in [5, 5.41) is 7.09. The van der Waals surface area contributed by atoms with E-state index in [0.29, 0.717) is 22.8 Å². The van der Waals surface area contributed by atoms with Crippen molar-refractivity contribution in [2.24, 2.45) is 0 Å². The molecule has 2 heterocycles. The highest BCUT2D eigenvalue weighted by atomic mass is 19.1. The molecule has 0 amide bonds. The lowest BCUT2D eigenvalue weighted by Gasteiger charge is -2.08. The summed E-state index contributed by atoms with van der Waals surface area (Å²) >= 11 is 0. The fraction of sp³-hybridized carbons (Fsp3) is 0.333. The summed E-state index contributed by atoms with van der Waals surface area (Å²) in [6.45, 7) is 6.54. The Morgan fingerprint density at radius 2 is 2.04 bits per heavy atom. The minimum Gasteiger partial charge on any atom is -0.462 e. The highest BCUT2D eigenvalue weighted by Crippen LogP contribution is 2.19. The van der Waals surface area contributed by atoms with Gasteiger partial charge in [0.25, 0.3) is 5.78 Å². The zero-order chi connectivity index (χ0) is 19.7. The van der Waals surface area contributed by atoms with Gasteiger partial charge in [-0.05, 0) is 45.4 Å². The van der Waals surface area contributed by atoms with Crippen LogP contribution < -0.4 is 11.0 Å². The van der Waals surface area contributed by atoms with E-state index in [-0.39, 0.29) is 24.2 Å². The second kappa shape index (κ2) is 7.18. The number of fused-ring (bicyclic) bond motifs is 1. The van der Waals surface area contributed by atoms with E-state index in [1.54, 1.807) is 45.9 Å². The summed E-state index contributed by atoms with van der Waals surface area (Å²) in [6, 6.07) is 6.39. The first-order chi connectivity index (χ1) is 12.7. The topological polar surface area (TPSA) is 90.5 Å². The minimum atomic E-state index is -0.554. The third-order valence-corrected chi connectivity index (χ3v) is 3.83. The van der Waals surface area contributed by atoms with Gasteiger partial charge in [0.2, 0.25) is 0 Å². The van der Waals surface area contributed by atoms with Crippen LogP contribution in [-0.4, -0.2) is 31.2 Å². The summed E-state index contributed by atoms with van der Waals surface area (Å²) in [5.74, 6) is -0.346. The summed E-state index contributed by atoms with van der Waals surface area (Å²) in [6.07, 6.45) is -0.282. The van der Waals surface area contributed by atoms with Crippen molar-refractivity contribution in [3.63, 3.8) is 0 Å². The Morgan fingerprint density at radius 3 is 2.70 bits per heavy atom. The molecule has 0 unspecified atom stereocenters. The molecule has 0 atom stereocenters. The highest BCUT2D eigenvalue weighted by molar-refractivity contribution is 5.69. The van der Waals surface area contributed by atoms with Crippen molar-refractivity contribution in [1.29, 1.82) is 0 Å². The van der Waals surface area contributed by atoms with Crippen LogP contribution in [0.3, 0.4) is 0 Å². The van der Waals surface area contributed by atoms with Crippen molar-refractivity contribution >= 4 is 23.3 Å². The van der Waals surface area contributed by atoms with Gasteiger partial charge in [-0.15, -0.1) is 5.10 Å². The lowest BCUT2D eigenvalue weighted by molar-refractivity contribution is -0.148. The smallest absolute Gasteiger partial charge is 0.352 e. The number of anilines is 2. The van der Waals surface area contributed by atoms with Crippen LogP contribution in [0.25, 0.3) is 5.78 Å². The van der Waals surface area contributed by atoms with Crippen molar-refractivity contribution in [1.82, 2.24) is 19.2 Å². The van der Waals surface area contributed by atoms with Gasteiger partial charge in [0.1, 0.15) is 18.2 Å². The number of nitrogens with zero attached hydrogens (tertiary/aromatic N) is 4. The molecule has 0 aliphatic heterocycles. The fourth-order valence-electron chi connectivity index (χ4n) is 2.59. The molecule has 0 saturated heterocycles. The molecule has 0 radical (unpaired) electrons. The minimum absolute atomic E-state index is 0.132. The number of halogens is 1. The largest absolute Gasteiger partial charge is 0.462 e. The van der Waals surface area contributed by atoms with Gasteiger partial charge in [0.15, 0.2) is 0 Å². The summed E-state index contributed by atoms with van der Waals surface area (Å²) < 4.78 is 21.1. The average molecular weight is 373 g/mol. The normalized spacial score (nSPS) is 11.2. The van der Waals surface area contributed by atoms with Crippen LogP contribution in [0.1, 0.15) is 25.1 Å². The van der Waals surface area contributed by atoms with Crippen molar-refractivity contribution in [2.45, 2.75) is 40.3 Å². The molecule has 0 saturated carbocycles. The maximum Gasteiger partial charge on any atom is 0.352 e. The molecule has 2 aromatic heterocycles. The zero-order valence-electron chi connectivity index (χ0n) is 15.5. The highest BCUT2D eigenvalue weighted by Gasteiger charge is 2.16. The monoisotopic (exact) mass is 373 g/mol. The van der Waals surface area contributed by atoms with Crippen LogP contribution in [-0.2, 0) is 16.1 Å². The molecule has 3 rings (SSSR count). The number of nitrogens with one attached hydrogen (secondary N) is 1. The van der Waals surface area contributed by atoms with Crippen molar-refractivity contribution < 1.29 is 13.9 Å². The van der Waals surface area contributed by atoms with Crippen molar-refractivity contribution in [2.75, 3.05) is 5.32 Å². The Kier molecular flexibility index (Phi) is 4.93. The molecule has 1 aromatic carbocycles. The first-order valence-corrected chi connectivity index (χ1v) is 8.44. The Bertz CT molecular complexity index is 1070. The number of benzene rings is 1.